The van der Waals surface area contributed by atoms with E-state index in [0.29, 0.717) is 11.0 Å². The lowest BCUT2D eigenvalue weighted by molar-refractivity contribution is 0.00578. The predicted molar refractivity (Wildman–Crippen MR) is 89.9 cm³/mol. The highest BCUT2D eigenvalue weighted by molar-refractivity contribution is 6.88. The molecule has 0 bridgehead atoms. The van der Waals surface area contributed by atoms with E-state index in [0.717, 1.165) is 5.19 Å². The Morgan fingerprint density at radius 1 is 1.05 bits per heavy atom. The fourth-order valence-electron chi connectivity index (χ4n) is 2.20. The second-order valence-corrected chi connectivity index (χ2v) is 12.7. The molecule has 0 spiro atoms. The summed E-state index contributed by atoms with van der Waals surface area (Å²) in [7, 11) is -2.24. The van der Waals surface area contributed by atoms with Crippen LogP contribution in [0.4, 0.5) is 0 Å². The van der Waals surface area contributed by atoms with Crippen molar-refractivity contribution in [3.8, 4) is 0 Å². The van der Waals surface area contributed by atoms with E-state index in [1.165, 1.54) is 0 Å². The highest BCUT2D eigenvalue weighted by atomic mass is 28.3. The smallest absolute Gasteiger partial charge is 0.399 e. The van der Waals surface area contributed by atoms with Crippen LogP contribution in [0.3, 0.4) is 0 Å². The molecule has 0 atom stereocenters. The molecule has 1 heterocycles. The SMILES string of the molecule is [2H]C([2H])([2H])c1cc([Si](C)(C)C)ccc1B1OC(C)(C)C(C)(C)O1. The highest BCUT2D eigenvalue weighted by Gasteiger charge is 2.52. The molecule has 4 heteroatoms. The molecule has 2 nitrogen and oxygen atoms in total. The molecule has 0 saturated carbocycles. The third-order valence-corrected chi connectivity index (χ3v) is 6.47. The topological polar surface area (TPSA) is 18.5 Å². The summed E-state index contributed by atoms with van der Waals surface area (Å²) >= 11 is 0. The molecule has 1 fully saturated rings. The molecule has 20 heavy (non-hydrogen) atoms. The average molecular weight is 293 g/mol. The standard InChI is InChI=1S/C16H27BO2Si/c1-12-11-13(20(6,7)8)9-10-14(12)17-18-15(2,3)16(4,5)19-17/h9-11H,1-8H3/i1D3. The lowest BCUT2D eigenvalue weighted by atomic mass is 9.76. The van der Waals surface area contributed by atoms with Gasteiger partial charge in [0.2, 0.25) is 0 Å². The van der Waals surface area contributed by atoms with Crippen LogP contribution in [-0.2, 0) is 9.31 Å². The molecule has 0 radical (unpaired) electrons. The van der Waals surface area contributed by atoms with E-state index in [9.17, 15) is 0 Å². The fourth-order valence-corrected chi connectivity index (χ4v) is 3.36. The highest BCUT2D eigenvalue weighted by Crippen LogP contribution is 2.36. The summed E-state index contributed by atoms with van der Waals surface area (Å²) in [6.07, 6.45) is 0. The van der Waals surface area contributed by atoms with Gasteiger partial charge in [-0.15, -0.1) is 0 Å². The summed E-state index contributed by atoms with van der Waals surface area (Å²) in [5, 5.41) is 1.13. The van der Waals surface area contributed by atoms with Gasteiger partial charge in [-0.25, -0.2) is 0 Å². The van der Waals surface area contributed by atoms with Crippen LogP contribution in [0.2, 0.25) is 19.6 Å². The number of rotatable bonds is 2. The minimum Gasteiger partial charge on any atom is -0.399 e. The van der Waals surface area contributed by atoms with Crippen molar-refractivity contribution in [1.29, 1.82) is 0 Å². The minimum atomic E-state index is -2.19. The summed E-state index contributed by atoms with van der Waals surface area (Å²) in [6.45, 7) is 12.3. The zero-order valence-corrected chi connectivity index (χ0v) is 14.6. The van der Waals surface area contributed by atoms with E-state index in [-0.39, 0.29) is 0 Å². The lowest BCUT2D eigenvalue weighted by Crippen LogP contribution is -2.42. The van der Waals surface area contributed by atoms with E-state index in [1.54, 1.807) is 0 Å². The Labute approximate surface area is 129 Å². The first-order chi connectivity index (χ1) is 10.2. The molecular weight excluding hydrogens is 263 g/mol. The molecule has 0 aromatic heterocycles. The number of benzene rings is 1. The molecule has 0 N–H and O–H groups in total. The number of aryl methyl sites for hydroxylation is 1. The average Bonchev–Trinajstić information content (AvgIpc) is 2.55. The molecule has 0 amide bonds. The molecular formula is C16H27BO2Si. The monoisotopic (exact) mass is 293 g/mol. The van der Waals surface area contributed by atoms with Gasteiger partial charge in [0, 0.05) is 4.11 Å². The maximum absolute atomic E-state index is 7.91. The van der Waals surface area contributed by atoms with Gasteiger partial charge in [0.1, 0.15) is 0 Å². The van der Waals surface area contributed by atoms with E-state index in [4.69, 9.17) is 13.4 Å². The van der Waals surface area contributed by atoms with Crippen LogP contribution in [-0.4, -0.2) is 26.4 Å². The zero-order chi connectivity index (χ0) is 17.8. The van der Waals surface area contributed by atoms with Gasteiger partial charge in [0.05, 0.1) is 19.3 Å². The maximum atomic E-state index is 7.91. The Bertz CT molecular complexity index is 590. The van der Waals surface area contributed by atoms with Crippen LogP contribution >= 0.6 is 0 Å². The molecule has 2 rings (SSSR count). The second kappa shape index (κ2) is 4.72. The summed E-state index contributed by atoms with van der Waals surface area (Å²) in [5.74, 6) is 0. The fraction of sp³-hybridized carbons (Fsp3) is 0.625. The van der Waals surface area contributed by atoms with Gasteiger partial charge in [0.15, 0.2) is 0 Å². The van der Waals surface area contributed by atoms with Crippen molar-refractivity contribution in [2.24, 2.45) is 0 Å². The summed E-state index contributed by atoms with van der Waals surface area (Å²) < 4.78 is 35.8. The van der Waals surface area contributed by atoms with Crippen molar-refractivity contribution in [2.45, 2.75) is 65.4 Å². The van der Waals surface area contributed by atoms with Gasteiger partial charge in [-0.2, -0.15) is 0 Å². The normalized spacial score (nSPS) is 24.1. The summed E-state index contributed by atoms with van der Waals surface area (Å²) in [4.78, 5) is 0. The van der Waals surface area contributed by atoms with Crippen LogP contribution in [0.1, 0.15) is 37.4 Å². The third kappa shape index (κ3) is 2.74. The number of hydrogen-bond donors (Lipinski definition) is 0. The van der Waals surface area contributed by atoms with Crippen LogP contribution in [0.15, 0.2) is 18.2 Å². The van der Waals surface area contributed by atoms with Crippen LogP contribution in [0, 0.1) is 6.85 Å². The molecule has 110 valence electrons. The number of hydrogen-bond acceptors (Lipinski definition) is 2. The molecule has 0 unspecified atom stereocenters. The van der Waals surface area contributed by atoms with E-state index in [1.807, 2.05) is 45.9 Å². The van der Waals surface area contributed by atoms with Crippen LogP contribution in [0.25, 0.3) is 0 Å². The molecule has 1 aliphatic rings. The quantitative estimate of drug-likeness (QED) is 0.781. The second-order valence-electron chi connectivity index (χ2n) is 7.64. The van der Waals surface area contributed by atoms with E-state index < -0.39 is 33.2 Å². The first-order valence-corrected chi connectivity index (χ1v) is 10.7. The van der Waals surface area contributed by atoms with Crippen molar-refractivity contribution < 1.29 is 13.4 Å². The largest absolute Gasteiger partial charge is 0.495 e. The van der Waals surface area contributed by atoms with Gasteiger partial charge in [-0.3, -0.25) is 0 Å². The van der Waals surface area contributed by atoms with Gasteiger partial charge < -0.3 is 9.31 Å². The Hall–Kier alpha value is -0.578. The molecule has 1 aromatic carbocycles. The van der Waals surface area contributed by atoms with Gasteiger partial charge in [-0.1, -0.05) is 48.6 Å². The van der Waals surface area contributed by atoms with Gasteiger partial charge in [0.25, 0.3) is 0 Å². The van der Waals surface area contributed by atoms with Crippen LogP contribution < -0.4 is 10.6 Å². The Morgan fingerprint density at radius 2 is 1.60 bits per heavy atom. The lowest BCUT2D eigenvalue weighted by Gasteiger charge is -2.32. The van der Waals surface area contributed by atoms with Crippen molar-refractivity contribution in [2.75, 3.05) is 0 Å². The molecule has 0 aliphatic carbocycles. The summed E-state index contributed by atoms with van der Waals surface area (Å²) in [5.41, 5.74) is -0.0102. The van der Waals surface area contributed by atoms with E-state index in [2.05, 4.69) is 19.6 Å². The van der Waals surface area contributed by atoms with Crippen molar-refractivity contribution in [1.82, 2.24) is 0 Å². The predicted octanol–water partition coefficient (Wildman–Crippen LogP) is 2.84. The molecule has 1 aliphatic heterocycles. The van der Waals surface area contributed by atoms with Crippen LogP contribution in [0.5, 0.6) is 0 Å². The Morgan fingerprint density at radius 3 is 2.05 bits per heavy atom. The van der Waals surface area contributed by atoms with Gasteiger partial charge in [-0.05, 0) is 40.0 Å². The summed E-state index contributed by atoms with van der Waals surface area (Å²) in [6, 6.07) is 5.73. The third-order valence-electron chi connectivity index (χ3n) is 4.43. The van der Waals surface area contributed by atoms with Crippen molar-refractivity contribution in [3.05, 3.63) is 23.8 Å². The maximum Gasteiger partial charge on any atom is 0.495 e. The van der Waals surface area contributed by atoms with Crippen molar-refractivity contribution in [3.63, 3.8) is 0 Å². The Balaban J connectivity index is 2.52. The van der Waals surface area contributed by atoms with E-state index >= 15 is 0 Å². The zero-order valence-electron chi connectivity index (χ0n) is 16.6. The van der Waals surface area contributed by atoms with Crippen molar-refractivity contribution >= 4 is 25.8 Å². The van der Waals surface area contributed by atoms with Gasteiger partial charge >= 0.3 is 7.12 Å². The molecule has 1 saturated heterocycles. The Kier molecular flexibility index (Phi) is 2.83. The first kappa shape index (κ1) is 12.0. The first-order valence-electron chi connectivity index (χ1n) is 8.66. The molecule has 1 aromatic rings. The minimum absolute atomic E-state index is 0.343.